The Bertz CT molecular complexity index is 801. The normalized spacial score (nSPS) is 16.7. The highest BCUT2D eigenvalue weighted by Gasteiger charge is 2.22. The number of hydrogen-bond donors (Lipinski definition) is 2. The lowest BCUT2D eigenvalue weighted by atomic mass is 10.2. The molecule has 1 heterocycles. The highest BCUT2D eigenvalue weighted by molar-refractivity contribution is 5.77. The fourth-order valence-electron chi connectivity index (χ4n) is 3.50. The van der Waals surface area contributed by atoms with Crippen LogP contribution < -0.4 is 11.1 Å². The average molecular weight is 411 g/mol. The van der Waals surface area contributed by atoms with Crippen LogP contribution in [0.2, 0.25) is 0 Å². The largest absolute Gasteiger partial charge is 0.374 e. The molecule has 0 aromatic heterocycles. The summed E-state index contributed by atoms with van der Waals surface area (Å²) >= 11 is 0. The lowest BCUT2D eigenvalue weighted by Gasteiger charge is -2.33. The Morgan fingerprint density at radius 2 is 1.73 bits per heavy atom. The predicted octanol–water partition coefficient (Wildman–Crippen LogP) is 1.97. The number of carbonyl (C=O) groups is 2. The molecule has 1 atom stereocenters. The molecular formula is C23H30N4O3. The highest BCUT2D eigenvalue weighted by atomic mass is 16.5. The second-order valence-corrected chi connectivity index (χ2v) is 7.52. The fraction of sp³-hybridized carbons (Fsp3) is 0.391. The number of nitrogens with one attached hydrogen (secondary N) is 1. The van der Waals surface area contributed by atoms with Gasteiger partial charge in [-0.3, -0.25) is 9.69 Å². The van der Waals surface area contributed by atoms with E-state index in [9.17, 15) is 9.59 Å². The van der Waals surface area contributed by atoms with Crippen LogP contribution in [0.4, 0.5) is 4.79 Å². The van der Waals surface area contributed by atoms with Crippen molar-refractivity contribution in [1.82, 2.24) is 15.1 Å². The molecule has 3 N–H and O–H groups in total. The standard InChI is InChI=1S/C23H30N4O3/c24-22(28)11-12-27(17-20-9-5-2-6-10-20)23(29)25-15-21-18-26(13-14-30-21)16-19-7-3-1-4-8-19/h1-10,21H,11-18H2,(H2,24,28)(H,25,29). The molecule has 7 nitrogen and oxygen atoms in total. The van der Waals surface area contributed by atoms with Gasteiger partial charge in [0.15, 0.2) is 0 Å². The van der Waals surface area contributed by atoms with E-state index in [1.165, 1.54) is 5.56 Å². The van der Waals surface area contributed by atoms with Crippen LogP contribution in [0.3, 0.4) is 0 Å². The Kier molecular flexibility index (Phi) is 8.23. The summed E-state index contributed by atoms with van der Waals surface area (Å²) in [4.78, 5) is 27.9. The molecule has 0 aliphatic carbocycles. The van der Waals surface area contributed by atoms with Crippen LogP contribution in [0.1, 0.15) is 17.5 Å². The summed E-state index contributed by atoms with van der Waals surface area (Å²) < 4.78 is 5.84. The van der Waals surface area contributed by atoms with E-state index in [2.05, 4.69) is 22.3 Å². The van der Waals surface area contributed by atoms with Gasteiger partial charge in [0.05, 0.1) is 12.7 Å². The summed E-state index contributed by atoms with van der Waals surface area (Å²) in [6.45, 7) is 4.27. The third-order valence-corrected chi connectivity index (χ3v) is 5.08. The van der Waals surface area contributed by atoms with Gasteiger partial charge in [0, 0.05) is 45.7 Å². The van der Waals surface area contributed by atoms with Crippen molar-refractivity contribution in [3.8, 4) is 0 Å². The molecular weight excluding hydrogens is 380 g/mol. The SMILES string of the molecule is NC(=O)CCN(Cc1ccccc1)C(=O)NCC1CN(Cc2ccccc2)CCO1. The van der Waals surface area contributed by atoms with Gasteiger partial charge in [-0.15, -0.1) is 0 Å². The molecule has 2 aromatic carbocycles. The Labute approximate surface area is 177 Å². The van der Waals surface area contributed by atoms with Crippen LogP contribution >= 0.6 is 0 Å². The number of nitrogens with two attached hydrogens (primary N) is 1. The van der Waals surface area contributed by atoms with Gasteiger partial charge in [0.2, 0.25) is 5.91 Å². The van der Waals surface area contributed by atoms with Crippen LogP contribution in [-0.2, 0) is 22.6 Å². The molecule has 1 fully saturated rings. The van der Waals surface area contributed by atoms with E-state index < -0.39 is 5.91 Å². The number of urea groups is 1. The highest BCUT2D eigenvalue weighted by Crippen LogP contribution is 2.11. The van der Waals surface area contributed by atoms with Gasteiger partial charge in [-0.25, -0.2) is 4.79 Å². The van der Waals surface area contributed by atoms with Crippen molar-refractivity contribution in [1.29, 1.82) is 0 Å². The van der Waals surface area contributed by atoms with Crippen molar-refractivity contribution in [3.63, 3.8) is 0 Å². The zero-order valence-corrected chi connectivity index (χ0v) is 17.2. The molecule has 2 aromatic rings. The first-order valence-electron chi connectivity index (χ1n) is 10.3. The number of hydrogen-bond acceptors (Lipinski definition) is 4. The summed E-state index contributed by atoms with van der Waals surface area (Å²) in [5.41, 5.74) is 7.55. The molecule has 160 valence electrons. The van der Waals surface area contributed by atoms with Gasteiger partial charge in [-0.05, 0) is 11.1 Å². The first-order chi connectivity index (χ1) is 14.6. The quantitative estimate of drug-likeness (QED) is 0.662. The van der Waals surface area contributed by atoms with Crippen LogP contribution in [0.5, 0.6) is 0 Å². The van der Waals surface area contributed by atoms with Crippen LogP contribution in [0.25, 0.3) is 0 Å². The first kappa shape index (κ1) is 21.8. The van der Waals surface area contributed by atoms with Gasteiger partial charge in [0.1, 0.15) is 0 Å². The molecule has 1 aliphatic rings. The van der Waals surface area contributed by atoms with Gasteiger partial charge in [-0.2, -0.15) is 0 Å². The van der Waals surface area contributed by atoms with Gasteiger partial charge in [0.25, 0.3) is 0 Å². The molecule has 30 heavy (non-hydrogen) atoms. The van der Waals surface area contributed by atoms with E-state index in [0.717, 1.165) is 25.2 Å². The smallest absolute Gasteiger partial charge is 0.317 e. The number of morpholine rings is 1. The first-order valence-corrected chi connectivity index (χ1v) is 10.3. The zero-order valence-electron chi connectivity index (χ0n) is 17.2. The van der Waals surface area contributed by atoms with E-state index in [-0.39, 0.29) is 25.1 Å². The summed E-state index contributed by atoms with van der Waals surface area (Å²) in [5, 5.41) is 2.96. The minimum absolute atomic E-state index is 0.0684. The van der Waals surface area contributed by atoms with Gasteiger partial charge < -0.3 is 20.7 Å². The summed E-state index contributed by atoms with van der Waals surface area (Å²) in [5.74, 6) is -0.423. The Hall–Kier alpha value is -2.90. The summed E-state index contributed by atoms with van der Waals surface area (Å²) in [6.07, 6.45) is 0.0616. The van der Waals surface area contributed by atoms with E-state index in [4.69, 9.17) is 10.5 Å². The number of carbonyl (C=O) groups excluding carboxylic acids is 2. The fourth-order valence-corrected chi connectivity index (χ4v) is 3.50. The molecule has 0 bridgehead atoms. The van der Waals surface area contributed by atoms with Crippen molar-refractivity contribution < 1.29 is 14.3 Å². The maximum atomic E-state index is 12.8. The molecule has 7 heteroatoms. The molecule has 1 saturated heterocycles. The second kappa shape index (κ2) is 11.3. The topological polar surface area (TPSA) is 87.9 Å². The van der Waals surface area contributed by atoms with Crippen molar-refractivity contribution >= 4 is 11.9 Å². The third kappa shape index (κ3) is 7.17. The third-order valence-electron chi connectivity index (χ3n) is 5.08. The van der Waals surface area contributed by atoms with Crippen molar-refractivity contribution in [2.75, 3.05) is 32.8 Å². The second-order valence-electron chi connectivity index (χ2n) is 7.52. The average Bonchev–Trinajstić information content (AvgIpc) is 2.76. The zero-order chi connectivity index (χ0) is 21.2. The number of ether oxygens (including phenoxy) is 1. The van der Waals surface area contributed by atoms with E-state index >= 15 is 0 Å². The minimum atomic E-state index is -0.423. The monoisotopic (exact) mass is 410 g/mol. The minimum Gasteiger partial charge on any atom is -0.374 e. The molecule has 3 amide bonds. The maximum absolute atomic E-state index is 12.8. The molecule has 1 unspecified atom stereocenters. The van der Waals surface area contributed by atoms with Crippen LogP contribution in [0.15, 0.2) is 60.7 Å². The molecule has 3 rings (SSSR count). The lowest BCUT2D eigenvalue weighted by molar-refractivity contribution is -0.118. The summed E-state index contributed by atoms with van der Waals surface area (Å²) in [6, 6.07) is 19.8. The van der Waals surface area contributed by atoms with E-state index in [0.29, 0.717) is 19.7 Å². The van der Waals surface area contributed by atoms with Gasteiger partial charge in [-0.1, -0.05) is 60.7 Å². The van der Waals surface area contributed by atoms with E-state index in [1.807, 2.05) is 48.5 Å². The number of amides is 3. The number of primary amides is 1. The number of nitrogens with zero attached hydrogens (tertiary/aromatic N) is 2. The molecule has 0 spiro atoms. The Morgan fingerprint density at radius 3 is 2.40 bits per heavy atom. The number of benzene rings is 2. The lowest BCUT2D eigenvalue weighted by Crippen LogP contribution is -2.49. The molecule has 1 aliphatic heterocycles. The van der Waals surface area contributed by atoms with Crippen LogP contribution in [0, 0.1) is 0 Å². The predicted molar refractivity (Wildman–Crippen MR) is 116 cm³/mol. The Morgan fingerprint density at radius 1 is 1.07 bits per heavy atom. The molecule has 0 saturated carbocycles. The van der Waals surface area contributed by atoms with Crippen molar-refractivity contribution in [2.45, 2.75) is 25.6 Å². The van der Waals surface area contributed by atoms with Crippen LogP contribution in [-0.4, -0.2) is 60.6 Å². The Balaban J connectivity index is 1.51. The van der Waals surface area contributed by atoms with Crippen molar-refractivity contribution in [2.24, 2.45) is 5.73 Å². The number of rotatable bonds is 9. The summed E-state index contributed by atoms with van der Waals surface area (Å²) in [7, 11) is 0. The van der Waals surface area contributed by atoms with Gasteiger partial charge >= 0.3 is 6.03 Å². The van der Waals surface area contributed by atoms with E-state index in [1.54, 1.807) is 4.90 Å². The van der Waals surface area contributed by atoms with Crippen molar-refractivity contribution in [3.05, 3.63) is 71.8 Å². The maximum Gasteiger partial charge on any atom is 0.317 e. The molecule has 0 radical (unpaired) electrons.